The van der Waals surface area contributed by atoms with Gasteiger partial charge < -0.3 is 9.47 Å². The predicted octanol–water partition coefficient (Wildman–Crippen LogP) is 4.57. The number of amides is 1. The summed E-state index contributed by atoms with van der Waals surface area (Å²) in [4.78, 5) is 15.9. The summed E-state index contributed by atoms with van der Waals surface area (Å²) >= 11 is 6.09. The van der Waals surface area contributed by atoms with Gasteiger partial charge in [-0.2, -0.15) is 5.10 Å². The van der Waals surface area contributed by atoms with E-state index in [-0.39, 0.29) is 5.91 Å². The Balaban J connectivity index is 1.56. The van der Waals surface area contributed by atoms with Crippen molar-refractivity contribution in [3.63, 3.8) is 0 Å². The molecule has 1 amide bonds. The van der Waals surface area contributed by atoms with E-state index in [4.69, 9.17) is 21.1 Å². The smallest absolute Gasteiger partial charge is 0.271 e. The summed E-state index contributed by atoms with van der Waals surface area (Å²) in [5.41, 5.74) is 5.98. The number of nitrogens with zero attached hydrogens (tertiary/aromatic N) is 2. The van der Waals surface area contributed by atoms with Gasteiger partial charge in [-0.3, -0.25) is 9.78 Å². The quantitative estimate of drug-likeness (QED) is 0.327. The molecule has 0 atom stereocenters. The highest BCUT2D eigenvalue weighted by Crippen LogP contribution is 2.22. The topological polar surface area (TPSA) is 72.8 Å². The number of halogens is 1. The zero-order valence-electron chi connectivity index (χ0n) is 16.8. The molecule has 0 bridgehead atoms. The maximum atomic E-state index is 12.1. The lowest BCUT2D eigenvalue weighted by atomic mass is 10.1. The van der Waals surface area contributed by atoms with Gasteiger partial charge in [0, 0.05) is 28.5 Å². The number of benzene rings is 2. The van der Waals surface area contributed by atoms with Crippen LogP contribution in [0.25, 0.3) is 0 Å². The van der Waals surface area contributed by atoms with Gasteiger partial charge >= 0.3 is 0 Å². The van der Waals surface area contributed by atoms with Crippen LogP contribution < -0.4 is 14.9 Å². The van der Waals surface area contributed by atoms with Gasteiger partial charge in [-0.15, -0.1) is 0 Å². The van der Waals surface area contributed by atoms with Gasteiger partial charge in [0.25, 0.3) is 5.91 Å². The maximum absolute atomic E-state index is 12.1. The molecule has 2 aromatic carbocycles. The molecule has 3 aromatic rings. The first-order chi connectivity index (χ1) is 14.5. The van der Waals surface area contributed by atoms with E-state index in [1.54, 1.807) is 42.7 Å². The molecule has 1 N–H and O–H groups in total. The second kappa shape index (κ2) is 10.4. The Morgan fingerprint density at radius 3 is 2.57 bits per heavy atom. The fraction of sp³-hybridized carbons (Fsp3) is 0.174. The number of hydrazone groups is 1. The highest BCUT2D eigenvalue weighted by molar-refractivity contribution is 6.30. The van der Waals surface area contributed by atoms with E-state index in [2.05, 4.69) is 22.4 Å². The SMILES string of the molecule is Cc1ccc(OCCOc2ccc(Cl)cc2/C=N/NC(=O)c2ccncc2)cc1C. The second-order valence-corrected chi connectivity index (χ2v) is 7.00. The summed E-state index contributed by atoms with van der Waals surface area (Å²) in [6.07, 6.45) is 4.58. The lowest BCUT2D eigenvalue weighted by Gasteiger charge is -2.11. The Morgan fingerprint density at radius 1 is 1.03 bits per heavy atom. The monoisotopic (exact) mass is 423 g/mol. The number of aromatic nitrogens is 1. The lowest BCUT2D eigenvalue weighted by molar-refractivity contribution is 0.0955. The number of aryl methyl sites for hydroxylation is 2. The minimum Gasteiger partial charge on any atom is -0.490 e. The summed E-state index contributed by atoms with van der Waals surface area (Å²) < 4.78 is 11.6. The summed E-state index contributed by atoms with van der Waals surface area (Å²) in [5.74, 6) is 1.06. The third-order valence-electron chi connectivity index (χ3n) is 4.37. The highest BCUT2D eigenvalue weighted by Gasteiger charge is 2.06. The molecule has 7 heteroatoms. The number of nitrogens with one attached hydrogen (secondary N) is 1. The number of hydrogen-bond donors (Lipinski definition) is 1. The third-order valence-corrected chi connectivity index (χ3v) is 4.61. The molecule has 0 fully saturated rings. The fourth-order valence-electron chi connectivity index (χ4n) is 2.59. The van der Waals surface area contributed by atoms with E-state index in [1.807, 2.05) is 25.1 Å². The molecular weight excluding hydrogens is 402 g/mol. The summed E-state index contributed by atoms with van der Waals surface area (Å²) in [6, 6.07) is 14.4. The van der Waals surface area contributed by atoms with Gasteiger partial charge in [-0.25, -0.2) is 5.43 Å². The first-order valence-electron chi connectivity index (χ1n) is 9.39. The van der Waals surface area contributed by atoms with E-state index < -0.39 is 0 Å². The number of pyridine rings is 1. The largest absolute Gasteiger partial charge is 0.490 e. The molecule has 0 saturated heterocycles. The zero-order chi connectivity index (χ0) is 21.3. The summed E-state index contributed by atoms with van der Waals surface area (Å²) in [6.45, 7) is 4.84. The van der Waals surface area contributed by atoms with E-state index in [0.29, 0.717) is 35.1 Å². The van der Waals surface area contributed by atoms with Crippen molar-refractivity contribution >= 4 is 23.7 Å². The van der Waals surface area contributed by atoms with Crippen LogP contribution in [0.15, 0.2) is 66.0 Å². The molecule has 0 radical (unpaired) electrons. The van der Waals surface area contributed by atoms with E-state index in [0.717, 1.165) is 5.75 Å². The van der Waals surface area contributed by atoms with Crippen LogP contribution in [0.3, 0.4) is 0 Å². The standard InChI is InChI=1S/C23H22ClN3O3/c1-16-3-5-21(13-17(16)2)29-11-12-30-22-6-4-20(24)14-19(22)15-26-27-23(28)18-7-9-25-10-8-18/h3-10,13-15H,11-12H2,1-2H3,(H,27,28)/b26-15+. The summed E-state index contributed by atoms with van der Waals surface area (Å²) in [5, 5.41) is 4.54. The second-order valence-electron chi connectivity index (χ2n) is 6.56. The zero-order valence-corrected chi connectivity index (χ0v) is 17.5. The molecule has 0 aliphatic rings. The summed E-state index contributed by atoms with van der Waals surface area (Å²) in [7, 11) is 0. The van der Waals surface area contributed by atoms with Crippen LogP contribution in [0.1, 0.15) is 27.0 Å². The molecule has 1 heterocycles. The van der Waals surface area contributed by atoms with E-state index in [9.17, 15) is 4.79 Å². The van der Waals surface area contributed by atoms with Crippen molar-refractivity contribution in [3.8, 4) is 11.5 Å². The third kappa shape index (κ3) is 6.06. The number of rotatable bonds is 8. The van der Waals surface area contributed by atoms with Gasteiger partial charge in [-0.05, 0) is 67.4 Å². The van der Waals surface area contributed by atoms with Crippen molar-refractivity contribution in [1.82, 2.24) is 10.4 Å². The fourth-order valence-corrected chi connectivity index (χ4v) is 2.78. The molecule has 0 saturated carbocycles. The molecule has 0 unspecified atom stereocenters. The Kier molecular flexibility index (Phi) is 7.40. The van der Waals surface area contributed by atoms with Gasteiger partial charge in [0.05, 0.1) is 6.21 Å². The van der Waals surface area contributed by atoms with Gasteiger partial charge in [-0.1, -0.05) is 17.7 Å². The van der Waals surface area contributed by atoms with Crippen LogP contribution in [0.5, 0.6) is 11.5 Å². The molecular formula is C23H22ClN3O3. The molecule has 0 spiro atoms. The van der Waals surface area contributed by atoms with Gasteiger partial charge in [0.2, 0.25) is 0 Å². The van der Waals surface area contributed by atoms with Gasteiger partial charge in [0.1, 0.15) is 24.7 Å². The molecule has 0 aliphatic carbocycles. The Labute approximate surface area is 180 Å². The minimum absolute atomic E-state index is 0.333. The molecule has 1 aromatic heterocycles. The van der Waals surface area contributed by atoms with Crippen LogP contribution in [0.2, 0.25) is 5.02 Å². The highest BCUT2D eigenvalue weighted by atomic mass is 35.5. The van der Waals surface area contributed by atoms with Crippen LogP contribution in [-0.2, 0) is 0 Å². The van der Waals surface area contributed by atoms with Crippen molar-refractivity contribution < 1.29 is 14.3 Å². The first kappa shape index (κ1) is 21.3. The first-order valence-corrected chi connectivity index (χ1v) is 9.76. The Morgan fingerprint density at radius 2 is 1.80 bits per heavy atom. The normalized spacial score (nSPS) is 10.8. The van der Waals surface area contributed by atoms with Crippen LogP contribution >= 0.6 is 11.6 Å². The number of ether oxygens (including phenoxy) is 2. The molecule has 0 aliphatic heterocycles. The Bertz CT molecular complexity index is 1040. The van der Waals surface area contributed by atoms with Crippen LogP contribution in [-0.4, -0.2) is 30.3 Å². The average molecular weight is 424 g/mol. The molecule has 30 heavy (non-hydrogen) atoms. The number of carbonyl (C=O) groups excluding carboxylic acids is 1. The minimum atomic E-state index is -0.333. The van der Waals surface area contributed by atoms with Crippen molar-refractivity contribution in [1.29, 1.82) is 0 Å². The van der Waals surface area contributed by atoms with Crippen molar-refractivity contribution in [2.24, 2.45) is 5.10 Å². The number of carbonyl (C=O) groups is 1. The van der Waals surface area contributed by atoms with Crippen molar-refractivity contribution in [3.05, 3.63) is 88.2 Å². The van der Waals surface area contributed by atoms with E-state index in [1.165, 1.54) is 17.3 Å². The molecule has 6 nitrogen and oxygen atoms in total. The Hall–Kier alpha value is -3.38. The van der Waals surface area contributed by atoms with Crippen molar-refractivity contribution in [2.75, 3.05) is 13.2 Å². The lowest BCUT2D eigenvalue weighted by Crippen LogP contribution is -2.17. The predicted molar refractivity (Wildman–Crippen MR) is 118 cm³/mol. The molecule has 3 rings (SSSR count). The average Bonchev–Trinajstić information content (AvgIpc) is 2.75. The maximum Gasteiger partial charge on any atom is 0.271 e. The molecule has 154 valence electrons. The van der Waals surface area contributed by atoms with E-state index >= 15 is 0 Å². The van der Waals surface area contributed by atoms with Crippen LogP contribution in [0.4, 0.5) is 0 Å². The number of hydrogen-bond acceptors (Lipinski definition) is 5. The van der Waals surface area contributed by atoms with Crippen LogP contribution in [0, 0.1) is 13.8 Å². The van der Waals surface area contributed by atoms with Gasteiger partial charge in [0.15, 0.2) is 0 Å². The van der Waals surface area contributed by atoms with Crippen molar-refractivity contribution in [2.45, 2.75) is 13.8 Å².